The second-order valence-electron chi connectivity index (χ2n) is 5.19. The van der Waals surface area contributed by atoms with E-state index in [-0.39, 0.29) is 18.9 Å². The summed E-state index contributed by atoms with van der Waals surface area (Å²) in [6.45, 7) is 0.0682. The van der Waals surface area contributed by atoms with Crippen molar-refractivity contribution in [1.82, 2.24) is 4.90 Å². The molecule has 0 atom stereocenters. The van der Waals surface area contributed by atoms with E-state index in [1.807, 2.05) is 30.3 Å². The number of carboxylic acid groups (broad SMARTS) is 1. The first-order chi connectivity index (χ1) is 11.9. The third-order valence-corrected chi connectivity index (χ3v) is 5.30. The summed E-state index contributed by atoms with van der Waals surface area (Å²) in [4.78, 5) is 24.8. The van der Waals surface area contributed by atoms with Gasteiger partial charge in [-0.1, -0.05) is 52.0 Å². The molecule has 0 bridgehead atoms. The van der Waals surface area contributed by atoms with Crippen LogP contribution in [0.3, 0.4) is 0 Å². The Morgan fingerprint density at radius 2 is 2.16 bits per heavy atom. The van der Waals surface area contributed by atoms with E-state index in [2.05, 4.69) is 15.9 Å². The lowest BCUT2D eigenvalue weighted by atomic mass is 10.2. The lowest BCUT2D eigenvalue weighted by molar-refractivity contribution is -0.137. The molecule has 3 rings (SSSR count). The van der Waals surface area contributed by atoms with Crippen LogP contribution < -0.4 is 0 Å². The van der Waals surface area contributed by atoms with Crippen LogP contribution in [-0.2, 0) is 9.59 Å². The summed E-state index contributed by atoms with van der Waals surface area (Å²) in [5, 5.41) is 8.76. The molecule has 1 saturated heterocycles. The predicted molar refractivity (Wildman–Crippen MR) is 104 cm³/mol. The fraction of sp³-hybridized carbons (Fsp3) is 0.118. The molecular weight excluding hydrogens is 426 g/mol. The van der Waals surface area contributed by atoms with Gasteiger partial charge in [0, 0.05) is 22.7 Å². The molecule has 0 saturated carbocycles. The Morgan fingerprint density at radius 3 is 2.88 bits per heavy atom. The van der Waals surface area contributed by atoms with E-state index in [0.29, 0.717) is 20.7 Å². The second-order valence-corrected chi connectivity index (χ2v) is 7.78. The molecule has 1 aliphatic rings. The van der Waals surface area contributed by atoms with E-state index in [1.54, 1.807) is 12.1 Å². The molecule has 2 aromatic rings. The maximum absolute atomic E-state index is 12.4. The smallest absolute Gasteiger partial charge is 0.305 e. The van der Waals surface area contributed by atoms with Crippen LogP contribution >= 0.6 is 39.9 Å². The molecule has 1 aliphatic heterocycles. The number of carbonyl (C=O) groups is 2. The molecule has 1 N–H and O–H groups in total. The molecular formula is C17H12BrNO4S2. The molecule has 5 nitrogen and oxygen atoms in total. The average Bonchev–Trinajstić information content (AvgIpc) is 3.12. The van der Waals surface area contributed by atoms with Gasteiger partial charge in [0.15, 0.2) is 0 Å². The molecule has 128 valence electrons. The van der Waals surface area contributed by atoms with Gasteiger partial charge in [-0.2, -0.15) is 0 Å². The molecule has 1 aromatic heterocycles. The quantitative estimate of drug-likeness (QED) is 0.552. The summed E-state index contributed by atoms with van der Waals surface area (Å²) in [5.74, 6) is -0.0398. The molecule has 2 heterocycles. The minimum atomic E-state index is -0.970. The van der Waals surface area contributed by atoms with Crippen LogP contribution in [0, 0.1) is 0 Å². The van der Waals surface area contributed by atoms with Crippen molar-refractivity contribution in [3.63, 3.8) is 0 Å². The minimum Gasteiger partial charge on any atom is -0.481 e. The molecule has 0 radical (unpaired) electrons. The largest absolute Gasteiger partial charge is 0.481 e. The van der Waals surface area contributed by atoms with Gasteiger partial charge < -0.3 is 9.52 Å². The normalized spacial score (nSPS) is 16.0. The minimum absolute atomic E-state index is 0.0682. The maximum atomic E-state index is 12.4. The molecule has 1 fully saturated rings. The Bertz CT molecular complexity index is 890. The maximum Gasteiger partial charge on any atom is 0.305 e. The van der Waals surface area contributed by atoms with Crippen molar-refractivity contribution in [3.05, 3.63) is 51.5 Å². The van der Waals surface area contributed by atoms with Crippen molar-refractivity contribution in [2.24, 2.45) is 0 Å². The number of furan rings is 1. The monoisotopic (exact) mass is 437 g/mol. The van der Waals surface area contributed by atoms with Gasteiger partial charge in [0.25, 0.3) is 5.91 Å². The predicted octanol–water partition coefficient (Wildman–Crippen LogP) is 4.39. The first-order valence-electron chi connectivity index (χ1n) is 7.27. The van der Waals surface area contributed by atoms with E-state index in [0.717, 1.165) is 21.8 Å². The van der Waals surface area contributed by atoms with Gasteiger partial charge in [-0.3, -0.25) is 14.5 Å². The van der Waals surface area contributed by atoms with Crippen LogP contribution in [0.5, 0.6) is 0 Å². The first-order valence-corrected chi connectivity index (χ1v) is 9.29. The topological polar surface area (TPSA) is 70.8 Å². The second kappa shape index (κ2) is 7.55. The summed E-state index contributed by atoms with van der Waals surface area (Å²) in [5.41, 5.74) is 0.919. The molecule has 0 aliphatic carbocycles. The Balaban J connectivity index is 1.79. The third kappa shape index (κ3) is 4.20. The molecule has 0 unspecified atom stereocenters. The number of rotatable bonds is 5. The highest BCUT2D eigenvalue weighted by Crippen LogP contribution is 2.34. The van der Waals surface area contributed by atoms with Gasteiger partial charge >= 0.3 is 5.97 Å². The zero-order valence-corrected chi connectivity index (χ0v) is 16.0. The highest BCUT2D eigenvalue weighted by Gasteiger charge is 2.32. The van der Waals surface area contributed by atoms with Crippen molar-refractivity contribution < 1.29 is 19.1 Å². The number of amides is 1. The van der Waals surface area contributed by atoms with Gasteiger partial charge in [0.2, 0.25) is 0 Å². The Labute approximate surface area is 161 Å². The van der Waals surface area contributed by atoms with Crippen LogP contribution in [0.15, 0.2) is 50.2 Å². The zero-order valence-electron chi connectivity index (χ0n) is 12.8. The van der Waals surface area contributed by atoms with Gasteiger partial charge in [-0.05, 0) is 24.3 Å². The fourth-order valence-corrected chi connectivity index (χ4v) is 3.94. The van der Waals surface area contributed by atoms with Gasteiger partial charge in [-0.25, -0.2) is 0 Å². The van der Waals surface area contributed by atoms with E-state index in [1.165, 1.54) is 4.90 Å². The van der Waals surface area contributed by atoms with Crippen molar-refractivity contribution in [1.29, 1.82) is 0 Å². The summed E-state index contributed by atoms with van der Waals surface area (Å²) in [7, 11) is 0. The van der Waals surface area contributed by atoms with Crippen LogP contribution in [0.4, 0.5) is 0 Å². The molecule has 1 amide bonds. The highest BCUT2D eigenvalue weighted by atomic mass is 79.9. The highest BCUT2D eigenvalue weighted by molar-refractivity contribution is 9.10. The van der Waals surface area contributed by atoms with E-state index >= 15 is 0 Å². The van der Waals surface area contributed by atoms with Crippen LogP contribution in [0.25, 0.3) is 17.4 Å². The average molecular weight is 438 g/mol. The van der Waals surface area contributed by atoms with Crippen molar-refractivity contribution >= 4 is 62.2 Å². The number of aliphatic carboxylic acids is 1. The lowest BCUT2D eigenvalue weighted by Gasteiger charge is -2.12. The molecule has 25 heavy (non-hydrogen) atoms. The molecule has 0 spiro atoms. The fourth-order valence-electron chi connectivity index (χ4n) is 2.26. The number of hydrogen-bond acceptors (Lipinski definition) is 5. The number of carboxylic acids is 1. The number of thioether (sulfide) groups is 1. The van der Waals surface area contributed by atoms with Crippen molar-refractivity contribution in [3.8, 4) is 11.3 Å². The Morgan fingerprint density at radius 1 is 1.36 bits per heavy atom. The number of carbonyl (C=O) groups excluding carboxylic acids is 1. The number of hydrogen-bond donors (Lipinski definition) is 1. The number of thiocarbonyl (C=S) groups is 1. The van der Waals surface area contributed by atoms with Crippen molar-refractivity contribution in [2.75, 3.05) is 6.54 Å². The SMILES string of the molecule is O=C(O)CCN1C(=O)C(=Cc2ccc(-c3cccc(Br)c3)o2)SC1=S. The summed E-state index contributed by atoms with van der Waals surface area (Å²) < 4.78 is 7.09. The summed E-state index contributed by atoms with van der Waals surface area (Å²) >= 11 is 9.72. The lowest BCUT2D eigenvalue weighted by Crippen LogP contribution is -2.30. The molecule has 8 heteroatoms. The van der Waals surface area contributed by atoms with E-state index < -0.39 is 5.97 Å². The van der Waals surface area contributed by atoms with Gasteiger partial charge in [0.1, 0.15) is 15.8 Å². The van der Waals surface area contributed by atoms with Crippen LogP contribution in [0.2, 0.25) is 0 Å². The number of halogens is 1. The van der Waals surface area contributed by atoms with Crippen molar-refractivity contribution in [2.45, 2.75) is 6.42 Å². The number of nitrogens with zero attached hydrogens (tertiary/aromatic N) is 1. The third-order valence-electron chi connectivity index (χ3n) is 3.43. The first kappa shape index (κ1) is 17.9. The van der Waals surface area contributed by atoms with Crippen LogP contribution in [0.1, 0.15) is 12.2 Å². The summed E-state index contributed by atoms with van der Waals surface area (Å²) in [6, 6.07) is 11.3. The standard InChI is InChI=1S/C17H12BrNO4S2/c18-11-3-1-2-10(8-11)13-5-4-12(23-13)9-14-16(22)19(17(24)25-14)7-6-15(20)21/h1-5,8-9H,6-7H2,(H,20,21). The van der Waals surface area contributed by atoms with E-state index in [4.69, 9.17) is 21.7 Å². The zero-order chi connectivity index (χ0) is 18.0. The van der Waals surface area contributed by atoms with Gasteiger partial charge in [0.05, 0.1) is 11.3 Å². The van der Waals surface area contributed by atoms with Gasteiger partial charge in [-0.15, -0.1) is 0 Å². The number of benzene rings is 1. The molecule has 1 aromatic carbocycles. The summed E-state index contributed by atoms with van der Waals surface area (Å²) in [6.07, 6.45) is 1.48. The van der Waals surface area contributed by atoms with Crippen LogP contribution in [-0.4, -0.2) is 32.7 Å². The Hall–Kier alpha value is -1.90. The Kier molecular flexibility index (Phi) is 5.41. The van der Waals surface area contributed by atoms with E-state index in [9.17, 15) is 9.59 Å².